The molecule has 0 aliphatic carbocycles. The number of halogens is 1. The highest BCUT2D eigenvalue weighted by Gasteiger charge is 2.44. The Kier molecular flexibility index (Phi) is 13.5. The summed E-state index contributed by atoms with van der Waals surface area (Å²) < 4.78 is 35.5. The standard InChI is InChI=1S/C48H60FN9O8/c1-25(2)41(54-47(61)65-7)45(59)56-23-31(63-5)21-39(56)43-50-33-15-9-27(19-35(33)52-43)37-17-18-38(58(37)30-13-11-29(49)12-14-30)28-10-16-34-36(20-28)53-44(51-34)40-22-32(64-6)24-57(40)46(60)42(26(3)4)55-48(62)66-8/h9-16,19-20,25-26,31-32,37-42H,17-18,21-24H2,1-8H3,(H,50,52)(H,51,53)(H,54,61)(H,55,62)/t31-,32-,37+,38+,39-,40-,41-,42-/m0/s1. The van der Waals surface area contributed by atoms with E-state index in [-0.39, 0.29) is 53.8 Å². The number of aromatic amines is 2. The van der Waals surface area contributed by atoms with E-state index in [1.807, 2.05) is 52.0 Å². The quantitative estimate of drug-likeness (QED) is 0.0950. The van der Waals surface area contributed by atoms with Crippen LogP contribution in [0.3, 0.4) is 0 Å². The van der Waals surface area contributed by atoms with Crippen LogP contribution in [-0.2, 0) is 28.5 Å². The number of aromatic nitrogens is 4. The number of amides is 4. The Bertz CT molecular complexity index is 2410. The second kappa shape index (κ2) is 19.3. The SMILES string of the molecule is COC(=O)N[C@H](C(=O)N1C[C@@H](OC)C[C@H]1c1nc2cc([C@H]3CC[C@H](c4ccc5[nH]c([C@@H]6C[C@H](OC)CN6C(=O)[C@@H](NC(=O)OC)C(C)C)nc5c4)N3c3ccc(F)cc3)ccc2[nH]1)C(C)C. The van der Waals surface area contributed by atoms with Crippen molar-refractivity contribution < 1.29 is 42.5 Å². The summed E-state index contributed by atoms with van der Waals surface area (Å²) in [6.45, 7) is 8.19. The fourth-order valence-electron chi connectivity index (χ4n) is 9.95. The molecule has 0 radical (unpaired) electrons. The predicted molar refractivity (Wildman–Crippen MR) is 244 cm³/mol. The van der Waals surface area contributed by atoms with Gasteiger partial charge in [0.1, 0.15) is 29.5 Å². The average Bonchev–Trinajstić information content (AvgIpc) is 4.17. The van der Waals surface area contributed by atoms with Crippen LogP contribution in [0.1, 0.15) is 100 Å². The zero-order valence-electron chi connectivity index (χ0n) is 38.7. The summed E-state index contributed by atoms with van der Waals surface area (Å²) in [6, 6.07) is 16.3. The Morgan fingerprint density at radius 2 is 1.06 bits per heavy atom. The van der Waals surface area contributed by atoms with Crippen molar-refractivity contribution in [3.8, 4) is 0 Å². The summed E-state index contributed by atoms with van der Waals surface area (Å²) in [7, 11) is 5.79. The van der Waals surface area contributed by atoms with Gasteiger partial charge in [-0.1, -0.05) is 39.8 Å². The number of carbonyl (C=O) groups is 4. The predicted octanol–water partition coefficient (Wildman–Crippen LogP) is 7.00. The monoisotopic (exact) mass is 909 g/mol. The lowest BCUT2D eigenvalue weighted by molar-refractivity contribution is -0.136. The molecule has 17 nitrogen and oxygen atoms in total. The Morgan fingerprint density at radius 1 is 0.636 bits per heavy atom. The lowest BCUT2D eigenvalue weighted by Crippen LogP contribution is -2.51. The highest BCUT2D eigenvalue weighted by molar-refractivity contribution is 5.88. The van der Waals surface area contributed by atoms with Gasteiger partial charge < -0.3 is 54.2 Å². The van der Waals surface area contributed by atoms with Crippen LogP contribution in [0.2, 0.25) is 0 Å². The lowest BCUT2D eigenvalue weighted by atomic mass is 10.0. The molecule has 8 rings (SSSR count). The zero-order valence-corrected chi connectivity index (χ0v) is 38.7. The van der Waals surface area contributed by atoms with Gasteiger partial charge in [-0.2, -0.15) is 0 Å². The molecule has 5 heterocycles. The lowest BCUT2D eigenvalue weighted by Gasteiger charge is -2.33. The molecule has 4 amide bonds. The van der Waals surface area contributed by atoms with Gasteiger partial charge in [0, 0.05) is 45.8 Å². The van der Waals surface area contributed by atoms with E-state index in [9.17, 15) is 23.6 Å². The molecule has 2 aromatic heterocycles. The molecule has 3 aliphatic rings. The van der Waals surface area contributed by atoms with Crippen LogP contribution in [0.25, 0.3) is 22.1 Å². The molecule has 18 heteroatoms. The molecule has 3 fully saturated rings. The van der Waals surface area contributed by atoms with Crippen LogP contribution in [0.4, 0.5) is 19.7 Å². The number of methoxy groups -OCH3 is 4. The van der Waals surface area contributed by atoms with Crippen LogP contribution < -0.4 is 15.5 Å². The molecule has 5 aromatic rings. The number of imidazole rings is 2. The van der Waals surface area contributed by atoms with Gasteiger partial charge in [0.2, 0.25) is 11.8 Å². The van der Waals surface area contributed by atoms with Crippen molar-refractivity contribution >= 4 is 51.8 Å². The number of nitrogens with one attached hydrogen (secondary N) is 4. The van der Waals surface area contributed by atoms with E-state index in [0.29, 0.717) is 37.6 Å². The Hall–Kier alpha value is -6.27. The van der Waals surface area contributed by atoms with Crippen molar-refractivity contribution in [3.05, 3.63) is 89.3 Å². The van der Waals surface area contributed by atoms with Gasteiger partial charge in [-0.15, -0.1) is 0 Å². The molecular formula is C48H60FN9O8. The molecular weight excluding hydrogens is 850 g/mol. The first kappa shape index (κ1) is 46.3. The van der Waals surface area contributed by atoms with E-state index in [2.05, 4.69) is 49.8 Å². The highest BCUT2D eigenvalue weighted by Crippen LogP contribution is 2.48. The number of alkyl carbamates (subject to hydrolysis) is 2. The third kappa shape index (κ3) is 9.12. The third-order valence-corrected chi connectivity index (χ3v) is 13.5. The van der Waals surface area contributed by atoms with Crippen LogP contribution in [0, 0.1) is 17.7 Å². The second-order valence-electron chi connectivity index (χ2n) is 18.2. The maximum absolute atomic E-state index is 14.4. The smallest absolute Gasteiger partial charge is 0.407 e. The molecule has 0 spiro atoms. The van der Waals surface area contributed by atoms with Crippen molar-refractivity contribution in [1.29, 1.82) is 0 Å². The zero-order chi connectivity index (χ0) is 47.0. The summed E-state index contributed by atoms with van der Waals surface area (Å²) in [4.78, 5) is 75.4. The number of H-pyrrole nitrogens is 2. The maximum Gasteiger partial charge on any atom is 0.407 e. The normalized spacial score (nSPS) is 23.0. The van der Waals surface area contributed by atoms with Crippen LogP contribution in [0.5, 0.6) is 0 Å². The van der Waals surface area contributed by atoms with Gasteiger partial charge in [-0.05, 0) is 84.3 Å². The number of carbonyl (C=O) groups excluding carboxylic acids is 4. The number of hydrogen-bond acceptors (Lipinski definition) is 11. The minimum atomic E-state index is -0.798. The molecule has 4 N–H and O–H groups in total. The molecule has 66 heavy (non-hydrogen) atoms. The van der Waals surface area contributed by atoms with E-state index >= 15 is 0 Å². The number of rotatable bonds is 13. The van der Waals surface area contributed by atoms with Crippen molar-refractivity contribution in [2.45, 2.75) is 102 Å². The van der Waals surface area contributed by atoms with Gasteiger partial charge in [0.25, 0.3) is 0 Å². The van der Waals surface area contributed by atoms with Crippen molar-refractivity contribution in [2.24, 2.45) is 11.8 Å². The summed E-state index contributed by atoms with van der Waals surface area (Å²) in [5, 5.41) is 5.41. The van der Waals surface area contributed by atoms with E-state index in [1.54, 1.807) is 24.0 Å². The van der Waals surface area contributed by atoms with Gasteiger partial charge in [0.05, 0.1) is 72.7 Å². The summed E-state index contributed by atoms with van der Waals surface area (Å²) in [5.41, 5.74) is 6.05. The fraction of sp³-hybridized carbons (Fsp3) is 0.500. The minimum Gasteiger partial charge on any atom is -0.453 e. The Morgan fingerprint density at radius 3 is 1.44 bits per heavy atom. The van der Waals surface area contributed by atoms with Crippen LogP contribution >= 0.6 is 0 Å². The van der Waals surface area contributed by atoms with E-state index in [1.165, 1.54) is 26.4 Å². The topological polar surface area (TPSA) is 196 Å². The van der Waals surface area contributed by atoms with Gasteiger partial charge >= 0.3 is 12.2 Å². The number of hydrogen-bond donors (Lipinski definition) is 4. The first-order chi connectivity index (χ1) is 31.7. The van der Waals surface area contributed by atoms with Crippen molar-refractivity contribution in [3.63, 3.8) is 0 Å². The van der Waals surface area contributed by atoms with E-state index < -0.39 is 36.4 Å². The molecule has 352 valence electrons. The molecule has 8 atom stereocenters. The van der Waals surface area contributed by atoms with Crippen molar-refractivity contribution in [1.82, 2.24) is 40.4 Å². The van der Waals surface area contributed by atoms with Gasteiger partial charge in [-0.25, -0.2) is 23.9 Å². The molecule has 3 aliphatic heterocycles. The van der Waals surface area contributed by atoms with E-state index in [0.717, 1.165) is 51.7 Å². The number of likely N-dealkylation sites (tertiary alicyclic amines) is 2. The average molecular weight is 910 g/mol. The molecule has 3 saturated heterocycles. The number of nitrogens with zero attached hydrogens (tertiary/aromatic N) is 5. The highest BCUT2D eigenvalue weighted by atomic mass is 19.1. The van der Waals surface area contributed by atoms with E-state index in [4.69, 9.17) is 28.9 Å². The first-order valence-corrected chi connectivity index (χ1v) is 22.6. The van der Waals surface area contributed by atoms with Crippen molar-refractivity contribution in [2.75, 3.05) is 46.4 Å². The third-order valence-electron chi connectivity index (χ3n) is 13.5. The number of benzene rings is 3. The van der Waals surface area contributed by atoms with Crippen LogP contribution in [-0.4, -0.2) is 120 Å². The molecule has 3 aromatic carbocycles. The molecule has 0 unspecified atom stereocenters. The second-order valence-corrected chi connectivity index (χ2v) is 18.2. The fourth-order valence-corrected chi connectivity index (χ4v) is 9.95. The van der Waals surface area contributed by atoms with Crippen LogP contribution in [0.15, 0.2) is 60.7 Å². The number of fused-ring (bicyclic) bond motifs is 2. The first-order valence-electron chi connectivity index (χ1n) is 22.6. The summed E-state index contributed by atoms with van der Waals surface area (Å²) in [5.74, 6) is 0.0658. The molecule has 0 bridgehead atoms. The van der Waals surface area contributed by atoms with Gasteiger partial charge in [0.15, 0.2) is 0 Å². The Labute approximate surface area is 383 Å². The maximum atomic E-state index is 14.4. The minimum absolute atomic E-state index is 0.0920. The summed E-state index contributed by atoms with van der Waals surface area (Å²) >= 11 is 0. The Balaban J connectivity index is 1.08. The number of anilines is 1. The van der Waals surface area contributed by atoms with Gasteiger partial charge in [-0.3, -0.25) is 9.59 Å². The largest absolute Gasteiger partial charge is 0.453 e. The molecule has 0 saturated carbocycles. The summed E-state index contributed by atoms with van der Waals surface area (Å²) in [6.07, 6.45) is 0.869. The number of ether oxygens (including phenoxy) is 4.